The number of nitrogens with one attached hydrogen (secondary N) is 1. The molecule has 1 N–H and O–H groups in total. The second-order valence-electron chi connectivity index (χ2n) is 8.33. The molecule has 1 aromatic heterocycles. The van der Waals surface area contributed by atoms with Gasteiger partial charge in [0.2, 0.25) is 6.79 Å². The molecule has 0 spiro atoms. The zero-order chi connectivity index (χ0) is 22.9. The van der Waals surface area contributed by atoms with Gasteiger partial charge in [0.05, 0.1) is 11.4 Å². The van der Waals surface area contributed by atoms with E-state index in [0.717, 1.165) is 33.8 Å². The molecule has 0 aliphatic carbocycles. The number of amides is 1. The summed E-state index contributed by atoms with van der Waals surface area (Å²) in [5.74, 6) is 1.22. The summed E-state index contributed by atoms with van der Waals surface area (Å²) in [6, 6.07) is 21.7. The zero-order valence-electron chi connectivity index (χ0n) is 18.9. The SMILES string of the molecule is Cc1ccc(-n2nc(-c3ccc(C)c(C)c3)cc2C(=O)NCc2ccc3c(c2)OCO3)cc1. The molecule has 0 saturated heterocycles. The predicted molar refractivity (Wildman–Crippen MR) is 127 cm³/mol. The Kier molecular flexibility index (Phi) is 5.34. The largest absolute Gasteiger partial charge is 0.454 e. The van der Waals surface area contributed by atoms with Gasteiger partial charge in [-0.05, 0) is 73.9 Å². The molecule has 0 atom stereocenters. The summed E-state index contributed by atoms with van der Waals surface area (Å²) in [5.41, 5.74) is 7.54. The highest BCUT2D eigenvalue weighted by Crippen LogP contribution is 2.32. The van der Waals surface area contributed by atoms with Crippen LogP contribution in [0.5, 0.6) is 11.5 Å². The second-order valence-corrected chi connectivity index (χ2v) is 8.33. The Morgan fingerprint density at radius 1 is 0.909 bits per heavy atom. The Hall–Kier alpha value is -4.06. The Balaban J connectivity index is 1.46. The third-order valence-corrected chi connectivity index (χ3v) is 5.91. The molecule has 4 aromatic rings. The molecular weight excluding hydrogens is 414 g/mol. The van der Waals surface area contributed by atoms with Gasteiger partial charge in [-0.2, -0.15) is 5.10 Å². The molecule has 1 aliphatic heterocycles. The number of carbonyl (C=O) groups is 1. The molecule has 6 nitrogen and oxygen atoms in total. The van der Waals surface area contributed by atoms with Crippen LogP contribution in [0.2, 0.25) is 0 Å². The van der Waals surface area contributed by atoms with E-state index in [1.807, 2.05) is 61.5 Å². The molecule has 1 aliphatic rings. The third kappa shape index (κ3) is 4.20. The Morgan fingerprint density at radius 3 is 2.48 bits per heavy atom. The molecule has 166 valence electrons. The summed E-state index contributed by atoms with van der Waals surface area (Å²) in [6.45, 7) is 6.79. The van der Waals surface area contributed by atoms with Gasteiger partial charge in [0.1, 0.15) is 5.69 Å². The monoisotopic (exact) mass is 439 g/mol. The molecule has 3 aromatic carbocycles. The van der Waals surface area contributed by atoms with E-state index in [9.17, 15) is 4.79 Å². The van der Waals surface area contributed by atoms with E-state index in [1.54, 1.807) is 4.68 Å². The number of aromatic nitrogens is 2. The van der Waals surface area contributed by atoms with Crippen molar-refractivity contribution in [3.8, 4) is 28.4 Å². The van der Waals surface area contributed by atoms with E-state index in [1.165, 1.54) is 11.1 Å². The fraction of sp³-hybridized carbons (Fsp3) is 0.185. The van der Waals surface area contributed by atoms with Crippen LogP contribution < -0.4 is 14.8 Å². The number of rotatable bonds is 5. The summed E-state index contributed by atoms with van der Waals surface area (Å²) in [7, 11) is 0. The first-order chi connectivity index (χ1) is 16.0. The zero-order valence-corrected chi connectivity index (χ0v) is 18.9. The molecule has 0 fully saturated rings. The highest BCUT2D eigenvalue weighted by Gasteiger charge is 2.19. The standard InChI is InChI=1S/C27H25N3O3/c1-17-4-9-22(10-5-17)30-24(14-23(29-30)21-8-6-18(2)19(3)12-21)27(31)28-15-20-7-11-25-26(13-20)33-16-32-25/h4-14H,15-16H2,1-3H3,(H,28,31). The average molecular weight is 440 g/mol. The Morgan fingerprint density at radius 2 is 1.70 bits per heavy atom. The maximum absolute atomic E-state index is 13.3. The minimum absolute atomic E-state index is 0.198. The highest BCUT2D eigenvalue weighted by atomic mass is 16.7. The van der Waals surface area contributed by atoms with E-state index in [2.05, 4.69) is 31.3 Å². The summed E-state index contributed by atoms with van der Waals surface area (Å²) in [6.07, 6.45) is 0. The van der Waals surface area contributed by atoms with Crippen molar-refractivity contribution in [2.75, 3.05) is 6.79 Å². The van der Waals surface area contributed by atoms with Crippen molar-refractivity contribution in [1.29, 1.82) is 0 Å². The van der Waals surface area contributed by atoms with Crippen molar-refractivity contribution in [1.82, 2.24) is 15.1 Å². The van der Waals surface area contributed by atoms with Crippen LogP contribution in [0.4, 0.5) is 0 Å². The lowest BCUT2D eigenvalue weighted by Crippen LogP contribution is -2.25. The van der Waals surface area contributed by atoms with Crippen LogP contribution in [0.15, 0.2) is 66.7 Å². The highest BCUT2D eigenvalue weighted by molar-refractivity contribution is 5.94. The van der Waals surface area contributed by atoms with Crippen molar-refractivity contribution >= 4 is 5.91 Å². The molecule has 0 bridgehead atoms. The molecule has 2 heterocycles. The maximum atomic E-state index is 13.3. The van der Waals surface area contributed by atoms with Crippen LogP contribution >= 0.6 is 0 Å². The van der Waals surface area contributed by atoms with Gasteiger partial charge < -0.3 is 14.8 Å². The van der Waals surface area contributed by atoms with Gasteiger partial charge in [-0.3, -0.25) is 4.79 Å². The summed E-state index contributed by atoms with van der Waals surface area (Å²) < 4.78 is 12.5. The van der Waals surface area contributed by atoms with Gasteiger partial charge in [-0.15, -0.1) is 0 Å². The fourth-order valence-corrected chi connectivity index (χ4v) is 3.79. The van der Waals surface area contributed by atoms with Crippen LogP contribution in [0.25, 0.3) is 16.9 Å². The topological polar surface area (TPSA) is 65.4 Å². The van der Waals surface area contributed by atoms with Crippen LogP contribution in [0, 0.1) is 20.8 Å². The summed E-state index contributed by atoms with van der Waals surface area (Å²) >= 11 is 0. The second kappa shape index (κ2) is 8.47. The quantitative estimate of drug-likeness (QED) is 0.469. The molecule has 5 rings (SSSR count). The number of nitrogens with zero attached hydrogens (tertiary/aromatic N) is 2. The van der Waals surface area contributed by atoms with Crippen molar-refractivity contribution in [2.45, 2.75) is 27.3 Å². The van der Waals surface area contributed by atoms with Crippen molar-refractivity contribution in [2.24, 2.45) is 0 Å². The number of benzene rings is 3. The molecule has 33 heavy (non-hydrogen) atoms. The molecule has 0 saturated carbocycles. The maximum Gasteiger partial charge on any atom is 0.270 e. The molecule has 6 heteroatoms. The van der Waals surface area contributed by atoms with Crippen molar-refractivity contribution < 1.29 is 14.3 Å². The van der Waals surface area contributed by atoms with Crippen LogP contribution in [-0.4, -0.2) is 22.5 Å². The number of aryl methyl sites for hydroxylation is 3. The number of hydrogen-bond acceptors (Lipinski definition) is 4. The van der Waals surface area contributed by atoms with Crippen molar-refractivity contribution in [3.05, 3.63) is 94.7 Å². The van der Waals surface area contributed by atoms with Gasteiger partial charge in [0.25, 0.3) is 5.91 Å². The lowest BCUT2D eigenvalue weighted by atomic mass is 10.0. The van der Waals surface area contributed by atoms with E-state index >= 15 is 0 Å². The molecule has 0 radical (unpaired) electrons. The van der Waals surface area contributed by atoms with Crippen LogP contribution in [0.1, 0.15) is 32.7 Å². The van der Waals surface area contributed by atoms with Gasteiger partial charge in [-0.25, -0.2) is 4.68 Å². The Bertz CT molecular complexity index is 1340. The first-order valence-corrected chi connectivity index (χ1v) is 10.9. The third-order valence-electron chi connectivity index (χ3n) is 5.91. The minimum Gasteiger partial charge on any atom is -0.454 e. The Labute approximate surface area is 192 Å². The lowest BCUT2D eigenvalue weighted by Gasteiger charge is -2.09. The lowest BCUT2D eigenvalue weighted by molar-refractivity contribution is 0.0943. The number of carbonyl (C=O) groups excluding carboxylic acids is 1. The van der Waals surface area contributed by atoms with E-state index in [-0.39, 0.29) is 12.7 Å². The first kappa shape index (κ1) is 20.8. The number of fused-ring (bicyclic) bond motifs is 1. The molecule has 1 amide bonds. The normalized spacial score (nSPS) is 12.1. The van der Waals surface area contributed by atoms with Crippen molar-refractivity contribution in [3.63, 3.8) is 0 Å². The predicted octanol–water partition coefficient (Wildman–Crippen LogP) is 5.12. The minimum atomic E-state index is -0.198. The van der Waals surface area contributed by atoms with E-state index in [0.29, 0.717) is 18.0 Å². The summed E-state index contributed by atoms with van der Waals surface area (Å²) in [5, 5.41) is 7.81. The fourth-order valence-electron chi connectivity index (χ4n) is 3.79. The smallest absolute Gasteiger partial charge is 0.270 e. The van der Waals surface area contributed by atoms with Gasteiger partial charge >= 0.3 is 0 Å². The van der Waals surface area contributed by atoms with E-state index in [4.69, 9.17) is 14.6 Å². The summed E-state index contributed by atoms with van der Waals surface area (Å²) in [4.78, 5) is 13.3. The van der Waals surface area contributed by atoms with Crippen LogP contribution in [0.3, 0.4) is 0 Å². The molecule has 0 unspecified atom stereocenters. The van der Waals surface area contributed by atoms with Gasteiger partial charge in [0, 0.05) is 12.1 Å². The van der Waals surface area contributed by atoms with Gasteiger partial charge in [0.15, 0.2) is 11.5 Å². The average Bonchev–Trinajstić information content (AvgIpc) is 3.47. The van der Waals surface area contributed by atoms with Crippen LogP contribution in [-0.2, 0) is 6.54 Å². The molecular formula is C27H25N3O3. The number of ether oxygens (including phenoxy) is 2. The first-order valence-electron chi connectivity index (χ1n) is 10.9. The number of hydrogen-bond donors (Lipinski definition) is 1. The van der Waals surface area contributed by atoms with E-state index < -0.39 is 0 Å². The van der Waals surface area contributed by atoms with Gasteiger partial charge in [-0.1, -0.05) is 35.9 Å².